The van der Waals surface area contributed by atoms with E-state index in [-0.39, 0.29) is 13.3 Å². The van der Waals surface area contributed by atoms with Crippen LogP contribution in [0.1, 0.15) is 0 Å². The van der Waals surface area contributed by atoms with Gasteiger partial charge >= 0.3 is 6.48 Å². The second-order valence-electron chi connectivity index (χ2n) is 0.972. The van der Waals surface area contributed by atoms with Crippen LogP contribution < -0.4 is 0 Å². The van der Waals surface area contributed by atoms with Crippen LogP contribution in [0.4, 0.5) is 0 Å². The molecule has 1 rings (SSSR count). The van der Waals surface area contributed by atoms with Crippen molar-refractivity contribution >= 4 is 6.47 Å². The first kappa shape index (κ1) is 4.55. The number of carbonyl (C=O) groups is 1. The molecule has 4 heteroatoms. The maximum Gasteiger partial charge on any atom is 0.322 e. The topological polar surface area (TPSA) is 44.8 Å². The van der Waals surface area contributed by atoms with Gasteiger partial charge in [-0.25, -0.2) is 0 Å². The van der Waals surface area contributed by atoms with Gasteiger partial charge in [-0.15, -0.1) is 0 Å². The summed E-state index contributed by atoms with van der Waals surface area (Å²) in [4.78, 5) is 9.43. The molecule has 1 fully saturated rings. The highest BCUT2D eigenvalue weighted by Gasteiger charge is 2.18. The first-order valence-electron chi connectivity index (χ1n) is 1.76. The molecule has 0 amide bonds. The Morgan fingerprint density at radius 1 is 1.71 bits per heavy atom. The number of rotatable bonds is 2. The molecule has 1 heterocycles. The number of hydrogen-bond acceptors (Lipinski definition) is 4. The lowest BCUT2D eigenvalue weighted by molar-refractivity contribution is -0.403. The van der Waals surface area contributed by atoms with Crippen LogP contribution in [0.15, 0.2) is 0 Å². The van der Waals surface area contributed by atoms with Gasteiger partial charge in [0.1, 0.15) is 0 Å². The number of carbonyl (C=O) groups excluding carboxylic acids is 1. The van der Waals surface area contributed by atoms with Crippen LogP contribution in [0.3, 0.4) is 0 Å². The Morgan fingerprint density at radius 2 is 2.43 bits per heavy atom. The van der Waals surface area contributed by atoms with Crippen molar-refractivity contribution in [3.8, 4) is 0 Å². The Kier molecular flexibility index (Phi) is 1.24. The van der Waals surface area contributed by atoms with Crippen molar-refractivity contribution in [2.24, 2.45) is 0 Å². The van der Waals surface area contributed by atoms with Crippen LogP contribution in [0.25, 0.3) is 0 Å². The Labute approximate surface area is 40.0 Å². The molecule has 0 spiro atoms. The van der Waals surface area contributed by atoms with E-state index in [0.717, 1.165) is 0 Å². The van der Waals surface area contributed by atoms with E-state index in [1.807, 2.05) is 0 Å². The van der Waals surface area contributed by atoms with Crippen molar-refractivity contribution in [2.75, 3.05) is 6.79 Å². The molecule has 4 nitrogen and oxygen atoms in total. The van der Waals surface area contributed by atoms with Crippen molar-refractivity contribution in [1.82, 2.24) is 0 Å². The van der Waals surface area contributed by atoms with Gasteiger partial charge in [0.2, 0.25) is 0 Å². The van der Waals surface area contributed by atoms with Gasteiger partial charge in [0.15, 0.2) is 6.79 Å². The van der Waals surface area contributed by atoms with E-state index in [0.29, 0.717) is 0 Å². The van der Waals surface area contributed by atoms with Crippen molar-refractivity contribution in [3.63, 3.8) is 0 Å². The van der Waals surface area contributed by atoms with E-state index >= 15 is 0 Å². The molecule has 0 bridgehead atoms. The Morgan fingerprint density at radius 3 is 2.57 bits per heavy atom. The van der Waals surface area contributed by atoms with Crippen molar-refractivity contribution in [2.45, 2.75) is 6.48 Å². The van der Waals surface area contributed by atoms with Crippen molar-refractivity contribution in [1.29, 1.82) is 0 Å². The molecule has 0 aromatic carbocycles. The zero-order chi connectivity index (χ0) is 5.11. The number of ether oxygens (including phenoxy) is 3. The Hall–Kier alpha value is -0.610. The Bertz CT molecular complexity index is 67.3. The van der Waals surface area contributed by atoms with E-state index in [9.17, 15) is 4.79 Å². The molecule has 7 heavy (non-hydrogen) atoms. The van der Waals surface area contributed by atoms with Gasteiger partial charge in [-0.1, -0.05) is 0 Å². The molecule has 0 aromatic rings. The maximum absolute atomic E-state index is 9.43. The van der Waals surface area contributed by atoms with E-state index < -0.39 is 6.48 Å². The summed E-state index contributed by atoms with van der Waals surface area (Å²) >= 11 is 0. The van der Waals surface area contributed by atoms with Gasteiger partial charge in [-0.3, -0.25) is 14.3 Å². The molecular formula is C3H4O4. The predicted molar refractivity (Wildman–Crippen MR) is 18.0 cm³/mol. The SMILES string of the molecule is O=COC1OCO1. The summed E-state index contributed by atoms with van der Waals surface area (Å²) in [5, 5.41) is 0. The minimum absolute atomic E-state index is 0.221. The molecule has 0 radical (unpaired) electrons. The monoisotopic (exact) mass is 104 g/mol. The molecule has 1 saturated heterocycles. The van der Waals surface area contributed by atoms with Gasteiger partial charge < -0.3 is 4.74 Å². The minimum atomic E-state index is -0.738. The fourth-order valence-electron chi connectivity index (χ4n) is 0.248. The van der Waals surface area contributed by atoms with Crippen LogP contribution in [0, 0.1) is 0 Å². The third-order valence-corrected chi connectivity index (χ3v) is 0.575. The van der Waals surface area contributed by atoms with E-state index in [2.05, 4.69) is 14.2 Å². The zero-order valence-electron chi connectivity index (χ0n) is 3.49. The van der Waals surface area contributed by atoms with Gasteiger partial charge in [-0.2, -0.15) is 0 Å². The summed E-state index contributed by atoms with van der Waals surface area (Å²) in [6.45, 7) is -0.236. The second-order valence-corrected chi connectivity index (χ2v) is 0.972. The summed E-state index contributed by atoms with van der Waals surface area (Å²) in [6.07, 6.45) is 0. The van der Waals surface area contributed by atoms with E-state index in [4.69, 9.17) is 0 Å². The highest BCUT2D eigenvalue weighted by Crippen LogP contribution is 2.05. The first-order valence-corrected chi connectivity index (χ1v) is 1.76. The lowest BCUT2D eigenvalue weighted by Gasteiger charge is -2.23. The molecule has 0 aliphatic carbocycles. The fraction of sp³-hybridized carbons (Fsp3) is 0.667. The minimum Gasteiger partial charge on any atom is -0.412 e. The van der Waals surface area contributed by atoms with Crippen LogP contribution in [-0.4, -0.2) is 19.7 Å². The van der Waals surface area contributed by atoms with Gasteiger partial charge in [0, 0.05) is 0 Å². The Balaban J connectivity index is 2.03. The molecule has 1 aliphatic rings. The molecule has 40 valence electrons. The highest BCUT2D eigenvalue weighted by molar-refractivity contribution is 5.36. The van der Waals surface area contributed by atoms with E-state index in [1.165, 1.54) is 0 Å². The van der Waals surface area contributed by atoms with Crippen LogP contribution in [0.2, 0.25) is 0 Å². The third kappa shape index (κ3) is 0.880. The lowest BCUT2D eigenvalue weighted by atomic mass is 11.1. The predicted octanol–water partition coefficient (Wildman–Crippen LogP) is -0.553. The lowest BCUT2D eigenvalue weighted by Crippen LogP contribution is -2.32. The zero-order valence-corrected chi connectivity index (χ0v) is 3.49. The molecule has 0 aromatic heterocycles. The molecule has 0 N–H and O–H groups in total. The summed E-state index contributed by atoms with van der Waals surface area (Å²) in [7, 11) is 0. The molecule has 0 unspecified atom stereocenters. The number of hydrogen-bond donors (Lipinski definition) is 0. The highest BCUT2D eigenvalue weighted by atomic mass is 17.0. The molecule has 0 atom stereocenters. The summed E-state index contributed by atoms with van der Waals surface area (Å²) in [5.41, 5.74) is 0. The summed E-state index contributed by atoms with van der Waals surface area (Å²) < 4.78 is 13.1. The van der Waals surface area contributed by atoms with Crippen LogP contribution >= 0.6 is 0 Å². The van der Waals surface area contributed by atoms with E-state index in [1.54, 1.807) is 0 Å². The average Bonchev–Trinajstić information content (AvgIpc) is 1.55. The standard InChI is InChI=1S/C3H4O4/c4-1-5-3-6-2-7-3/h1,3H,2H2. The third-order valence-electron chi connectivity index (χ3n) is 0.575. The second kappa shape index (κ2) is 1.90. The smallest absolute Gasteiger partial charge is 0.322 e. The molecule has 0 saturated carbocycles. The summed E-state index contributed by atoms with van der Waals surface area (Å²) in [5.74, 6) is 0. The normalized spacial score (nSPS) is 20.6. The van der Waals surface area contributed by atoms with Crippen molar-refractivity contribution in [3.05, 3.63) is 0 Å². The van der Waals surface area contributed by atoms with Gasteiger partial charge in [0.05, 0.1) is 0 Å². The van der Waals surface area contributed by atoms with Crippen molar-refractivity contribution < 1.29 is 19.0 Å². The summed E-state index contributed by atoms with van der Waals surface area (Å²) in [6, 6.07) is 0. The quantitative estimate of drug-likeness (QED) is 0.441. The van der Waals surface area contributed by atoms with Gasteiger partial charge in [0.25, 0.3) is 6.47 Å². The first-order chi connectivity index (χ1) is 3.43. The van der Waals surface area contributed by atoms with Gasteiger partial charge in [-0.05, 0) is 0 Å². The fourth-order valence-corrected chi connectivity index (χ4v) is 0.248. The van der Waals surface area contributed by atoms with Crippen LogP contribution in [0.5, 0.6) is 0 Å². The molecular weight excluding hydrogens is 100 g/mol. The van der Waals surface area contributed by atoms with Crippen LogP contribution in [-0.2, 0) is 19.0 Å². The molecule has 1 aliphatic heterocycles. The average molecular weight is 104 g/mol. The maximum atomic E-state index is 9.43. The largest absolute Gasteiger partial charge is 0.412 e.